The van der Waals surface area contributed by atoms with Crippen LogP contribution in [0.5, 0.6) is 11.5 Å². The molecule has 2 fully saturated rings. The van der Waals surface area contributed by atoms with Crippen molar-refractivity contribution in [2.75, 3.05) is 33.9 Å². The Balaban J connectivity index is 1.57. The Bertz CT molecular complexity index is 753. The topological polar surface area (TPSA) is 88.2 Å². The number of benzene rings is 1. The lowest BCUT2D eigenvalue weighted by molar-refractivity contribution is -0.129. The number of rotatable bonds is 5. The molecule has 27 heavy (non-hydrogen) atoms. The van der Waals surface area contributed by atoms with Crippen LogP contribution in [0.1, 0.15) is 18.4 Å². The number of imide groups is 1. The van der Waals surface area contributed by atoms with E-state index < -0.39 is 0 Å². The lowest BCUT2D eigenvalue weighted by Gasteiger charge is -2.34. The summed E-state index contributed by atoms with van der Waals surface area (Å²) in [6, 6.07) is 4.95. The highest BCUT2D eigenvalue weighted by molar-refractivity contribution is 6.02. The Kier molecular flexibility index (Phi) is 5.63. The smallest absolute Gasteiger partial charge is 0.324 e. The van der Waals surface area contributed by atoms with Crippen molar-refractivity contribution in [3.63, 3.8) is 0 Å². The first-order chi connectivity index (χ1) is 13.0. The number of urea groups is 1. The van der Waals surface area contributed by atoms with Gasteiger partial charge in [0.2, 0.25) is 11.8 Å². The second-order valence-corrected chi connectivity index (χ2v) is 6.43. The molecule has 144 valence electrons. The van der Waals surface area contributed by atoms with Crippen molar-refractivity contribution in [3.8, 4) is 11.5 Å². The van der Waals surface area contributed by atoms with Crippen LogP contribution in [-0.2, 0) is 9.59 Å². The number of hydrogen-bond donors (Lipinski definition) is 1. The summed E-state index contributed by atoms with van der Waals surface area (Å²) in [7, 11) is 3.13. The van der Waals surface area contributed by atoms with Crippen molar-refractivity contribution in [2.24, 2.45) is 0 Å². The SMILES string of the molecule is COc1ccc(/C=C/C(=O)N2CCC(N3C(=O)CNC3=O)CC2)cc1OC. The third-order valence-corrected chi connectivity index (χ3v) is 4.85. The van der Waals surface area contributed by atoms with E-state index in [1.54, 1.807) is 37.3 Å². The summed E-state index contributed by atoms with van der Waals surface area (Å²) >= 11 is 0. The Morgan fingerprint density at radius 1 is 1.15 bits per heavy atom. The third-order valence-electron chi connectivity index (χ3n) is 4.85. The maximum Gasteiger partial charge on any atom is 0.324 e. The zero-order valence-corrected chi connectivity index (χ0v) is 15.4. The van der Waals surface area contributed by atoms with Crippen LogP contribution in [0.4, 0.5) is 4.79 Å². The number of nitrogens with zero attached hydrogens (tertiary/aromatic N) is 2. The first-order valence-corrected chi connectivity index (χ1v) is 8.82. The van der Waals surface area contributed by atoms with E-state index in [1.165, 1.54) is 11.0 Å². The monoisotopic (exact) mass is 373 g/mol. The molecule has 4 amide bonds. The first kappa shape index (κ1) is 18.8. The molecular weight excluding hydrogens is 350 g/mol. The standard InChI is InChI=1S/C19H23N3O5/c1-26-15-5-3-13(11-16(15)27-2)4-6-17(23)21-9-7-14(8-10-21)22-18(24)12-20-19(22)25/h3-6,11,14H,7-10,12H2,1-2H3,(H,20,25)/b6-4+. The van der Waals surface area contributed by atoms with Gasteiger partial charge in [-0.25, -0.2) is 4.79 Å². The molecule has 2 saturated heterocycles. The molecule has 0 unspecified atom stereocenters. The zero-order valence-electron chi connectivity index (χ0n) is 15.4. The molecule has 1 aromatic rings. The van der Waals surface area contributed by atoms with Crippen molar-refractivity contribution in [2.45, 2.75) is 18.9 Å². The van der Waals surface area contributed by atoms with Gasteiger partial charge >= 0.3 is 6.03 Å². The van der Waals surface area contributed by atoms with Gasteiger partial charge in [0.05, 0.1) is 20.8 Å². The number of carbonyl (C=O) groups is 3. The Labute approximate surface area is 157 Å². The van der Waals surface area contributed by atoms with Crippen LogP contribution in [0.15, 0.2) is 24.3 Å². The van der Waals surface area contributed by atoms with Crippen molar-refractivity contribution in [3.05, 3.63) is 29.8 Å². The summed E-state index contributed by atoms with van der Waals surface area (Å²) in [6.45, 7) is 1.08. The maximum absolute atomic E-state index is 12.4. The van der Waals surface area contributed by atoms with E-state index in [0.717, 1.165) is 5.56 Å². The zero-order chi connectivity index (χ0) is 19.4. The van der Waals surface area contributed by atoms with Gasteiger partial charge in [-0.05, 0) is 36.6 Å². The van der Waals surface area contributed by atoms with Gasteiger partial charge in [-0.1, -0.05) is 6.07 Å². The van der Waals surface area contributed by atoms with Crippen LogP contribution in [0.3, 0.4) is 0 Å². The number of nitrogens with one attached hydrogen (secondary N) is 1. The second-order valence-electron chi connectivity index (χ2n) is 6.43. The fourth-order valence-electron chi connectivity index (χ4n) is 3.38. The molecule has 2 aliphatic heterocycles. The summed E-state index contributed by atoms with van der Waals surface area (Å²) in [5, 5.41) is 2.53. The van der Waals surface area contributed by atoms with Gasteiger partial charge in [0.15, 0.2) is 11.5 Å². The van der Waals surface area contributed by atoms with Crippen molar-refractivity contribution in [1.29, 1.82) is 0 Å². The summed E-state index contributed by atoms with van der Waals surface area (Å²) in [5.74, 6) is 0.934. The highest BCUT2D eigenvalue weighted by Crippen LogP contribution is 2.28. The number of ether oxygens (including phenoxy) is 2. The van der Waals surface area contributed by atoms with Gasteiger partial charge in [0.25, 0.3) is 0 Å². The molecular formula is C19H23N3O5. The molecule has 1 N–H and O–H groups in total. The number of likely N-dealkylation sites (tertiary alicyclic amines) is 1. The fraction of sp³-hybridized carbons (Fsp3) is 0.421. The number of amides is 4. The third kappa shape index (κ3) is 4.05. The molecule has 8 heteroatoms. The average Bonchev–Trinajstić information content (AvgIpc) is 3.04. The minimum absolute atomic E-state index is 0.0615. The van der Waals surface area contributed by atoms with Crippen LogP contribution >= 0.6 is 0 Å². The number of piperidine rings is 1. The summed E-state index contributed by atoms with van der Waals surface area (Å²) in [6.07, 6.45) is 4.44. The largest absolute Gasteiger partial charge is 0.493 e. The van der Waals surface area contributed by atoms with Crippen LogP contribution in [0, 0.1) is 0 Å². The molecule has 0 aliphatic carbocycles. The van der Waals surface area contributed by atoms with Crippen molar-refractivity contribution in [1.82, 2.24) is 15.1 Å². The number of carbonyl (C=O) groups excluding carboxylic acids is 3. The Morgan fingerprint density at radius 2 is 1.85 bits per heavy atom. The molecule has 3 rings (SSSR count). The van der Waals surface area contributed by atoms with E-state index in [0.29, 0.717) is 37.4 Å². The lowest BCUT2D eigenvalue weighted by Crippen LogP contribution is -2.48. The van der Waals surface area contributed by atoms with Crippen LogP contribution < -0.4 is 14.8 Å². The average molecular weight is 373 g/mol. The van der Waals surface area contributed by atoms with E-state index in [-0.39, 0.29) is 30.4 Å². The minimum Gasteiger partial charge on any atom is -0.493 e. The highest BCUT2D eigenvalue weighted by atomic mass is 16.5. The number of methoxy groups -OCH3 is 2. The van der Waals surface area contributed by atoms with Gasteiger partial charge < -0.3 is 19.7 Å². The van der Waals surface area contributed by atoms with E-state index >= 15 is 0 Å². The summed E-state index contributed by atoms with van der Waals surface area (Å²) in [5.41, 5.74) is 0.829. The van der Waals surface area contributed by atoms with Gasteiger partial charge in [-0.2, -0.15) is 0 Å². The van der Waals surface area contributed by atoms with Gasteiger partial charge in [0, 0.05) is 25.2 Å². The van der Waals surface area contributed by atoms with Gasteiger partial charge in [0.1, 0.15) is 0 Å². The Morgan fingerprint density at radius 3 is 2.44 bits per heavy atom. The molecule has 2 aliphatic rings. The molecule has 8 nitrogen and oxygen atoms in total. The number of hydrogen-bond acceptors (Lipinski definition) is 5. The predicted molar refractivity (Wildman–Crippen MR) is 98.4 cm³/mol. The van der Waals surface area contributed by atoms with E-state index in [4.69, 9.17) is 9.47 Å². The predicted octanol–water partition coefficient (Wildman–Crippen LogP) is 1.26. The van der Waals surface area contributed by atoms with E-state index in [2.05, 4.69) is 5.32 Å². The molecule has 1 aromatic carbocycles. The molecule has 0 spiro atoms. The lowest BCUT2D eigenvalue weighted by atomic mass is 10.0. The molecule has 0 bridgehead atoms. The van der Waals surface area contributed by atoms with Gasteiger partial charge in [-0.15, -0.1) is 0 Å². The summed E-state index contributed by atoms with van der Waals surface area (Å²) < 4.78 is 10.5. The molecule has 2 heterocycles. The maximum atomic E-state index is 12.4. The van der Waals surface area contributed by atoms with E-state index in [9.17, 15) is 14.4 Å². The molecule has 0 aromatic heterocycles. The van der Waals surface area contributed by atoms with Crippen molar-refractivity contribution < 1.29 is 23.9 Å². The molecule has 0 saturated carbocycles. The van der Waals surface area contributed by atoms with Crippen molar-refractivity contribution >= 4 is 23.9 Å². The van der Waals surface area contributed by atoms with Crippen LogP contribution in [-0.4, -0.2) is 67.5 Å². The first-order valence-electron chi connectivity index (χ1n) is 8.82. The van der Waals surface area contributed by atoms with Crippen LogP contribution in [0.2, 0.25) is 0 Å². The van der Waals surface area contributed by atoms with Gasteiger partial charge in [-0.3, -0.25) is 14.5 Å². The normalized spacial score (nSPS) is 18.1. The minimum atomic E-state index is -0.335. The summed E-state index contributed by atoms with van der Waals surface area (Å²) in [4.78, 5) is 39.0. The second kappa shape index (κ2) is 8.11. The van der Waals surface area contributed by atoms with Crippen LogP contribution in [0.25, 0.3) is 6.08 Å². The Hall–Kier alpha value is -3.03. The molecule has 0 radical (unpaired) electrons. The highest BCUT2D eigenvalue weighted by Gasteiger charge is 2.36. The van der Waals surface area contributed by atoms with E-state index in [1.807, 2.05) is 6.07 Å². The fourth-order valence-corrected chi connectivity index (χ4v) is 3.38. The quantitative estimate of drug-likeness (QED) is 0.620. The molecule has 0 atom stereocenters.